The van der Waals surface area contributed by atoms with Crippen LogP contribution in [0.15, 0.2) is 88.8 Å². The summed E-state index contributed by atoms with van der Waals surface area (Å²) in [5.41, 5.74) is 8.53. The number of amidine groups is 1. The fourth-order valence-electron chi connectivity index (χ4n) is 3.59. The van der Waals surface area contributed by atoms with Gasteiger partial charge in [-0.3, -0.25) is 9.36 Å². The van der Waals surface area contributed by atoms with E-state index in [1.54, 1.807) is 22.8 Å². The Balaban J connectivity index is 2.02. The van der Waals surface area contributed by atoms with Crippen LogP contribution in [0.2, 0.25) is 0 Å². The molecule has 0 amide bonds. The normalized spacial score (nSPS) is 11.9. The first kappa shape index (κ1) is 18.4. The predicted molar refractivity (Wildman–Crippen MR) is 113 cm³/mol. The average Bonchev–Trinajstić information content (AvgIpc) is 2.77. The van der Waals surface area contributed by atoms with E-state index in [9.17, 15) is 4.79 Å². The van der Waals surface area contributed by atoms with Crippen LogP contribution in [0, 0.1) is 6.92 Å². The number of nitrogens with zero attached hydrogens (tertiary/aromatic N) is 3. The molecule has 6 nitrogen and oxygen atoms in total. The van der Waals surface area contributed by atoms with Crippen LogP contribution < -0.4 is 11.3 Å². The summed E-state index contributed by atoms with van der Waals surface area (Å²) >= 11 is 0. The predicted octanol–water partition coefficient (Wildman–Crippen LogP) is 3.44. The molecule has 0 saturated heterocycles. The number of nitrogens with two attached hydrogens (primary N) is 1. The number of hydrogen-bond donors (Lipinski definition) is 2. The highest BCUT2D eigenvalue weighted by molar-refractivity contribution is 6.00. The molecule has 144 valence electrons. The lowest BCUT2D eigenvalue weighted by Crippen LogP contribution is -2.29. The van der Waals surface area contributed by atoms with E-state index in [0.717, 1.165) is 11.1 Å². The fourth-order valence-corrected chi connectivity index (χ4v) is 3.59. The van der Waals surface area contributed by atoms with Crippen molar-refractivity contribution in [2.45, 2.75) is 13.0 Å². The quantitative estimate of drug-likeness (QED) is 0.244. The maximum absolute atomic E-state index is 13.6. The zero-order valence-electron chi connectivity index (χ0n) is 15.9. The minimum absolute atomic E-state index is 0.0545. The van der Waals surface area contributed by atoms with Crippen LogP contribution in [0.25, 0.3) is 10.9 Å². The van der Waals surface area contributed by atoms with E-state index in [2.05, 4.69) is 10.1 Å². The highest BCUT2D eigenvalue weighted by Gasteiger charge is 2.21. The Kier molecular flexibility index (Phi) is 4.83. The van der Waals surface area contributed by atoms with Crippen LogP contribution in [0.3, 0.4) is 0 Å². The molecule has 1 aromatic heterocycles. The second-order valence-electron chi connectivity index (χ2n) is 6.78. The zero-order valence-corrected chi connectivity index (χ0v) is 15.9. The highest BCUT2D eigenvalue weighted by Crippen LogP contribution is 2.27. The van der Waals surface area contributed by atoms with Gasteiger partial charge in [-0.1, -0.05) is 65.8 Å². The van der Waals surface area contributed by atoms with Gasteiger partial charge >= 0.3 is 0 Å². The monoisotopic (exact) mass is 384 g/mol. The lowest BCUT2D eigenvalue weighted by molar-refractivity contribution is 0.318. The van der Waals surface area contributed by atoms with Crippen LogP contribution in [-0.2, 0) is 0 Å². The summed E-state index contributed by atoms with van der Waals surface area (Å²) < 4.78 is 1.70. The van der Waals surface area contributed by atoms with Crippen molar-refractivity contribution in [3.05, 3.63) is 112 Å². The van der Waals surface area contributed by atoms with Crippen molar-refractivity contribution in [2.24, 2.45) is 10.9 Å². The molecule has 0 unspecified atom stereocenters. The molecule has 6 heteroatoms. The first-order valence-electron chi connectivity index (χ1n) is 9.21. The maximum atomic E-state index is 13.6. The number of fused-ring (bicyclic) bond motifs is 1. The molecule has 3 N–H and O–H groups in total. The van der Waals surface area contributed by atoms with Crippen molar-refractivity contribution in [1.82, 2.24) is 9.55 Å². The Labute approximate surface area is 167 Å². The molecule has 0 aliphatic rings. The van der Waals surface area contributed by atoms with E-state index in [0.29, 0.717) is 22.3 Å². The van der Waals surface area contributed by atoms with Crippen LogP contribution >= 0.6 is 0 Å². The van der Waals surface area contributed by atoms with Gasteiger partial charge in [0.05, 0.1) is 16.9 Å². The van der Waals surface area contributed by atoms with E-state index < -0.39 is 0 Å². The third kappa shape index (κ3) is 3.36. The standard InChI is InChI=1S/C23H20N4O2/c1-15-25-20-13-12-18(22(24)26-29)14-19(20)23(28)27(15)21(16-8-4-2-5-9-16)17-10-6-3-7-11-17/h2-14,21,29H,1H3,(H2,24,26). The SMILES string of the molecule is Cc1nc2ccc(/C(N)=N/O)cc2c(=O)n1C(c1ccccc1)c1ccccc1. The number of benzene rings is 3. The third-order valence-electron chi connectivity index (χ3n) is 4.97. The Hall–Kier alpha value is -3.93. The average molecular weight is 384 g/mol. The minimum atomic E-state index is -0.325. The Morgan fingerprint density at radius 2 is 1.59 bits per heavy atom. The third-order valence-corrected chi connectivity index (χ3v) is 4.97. The Morgan fingerprint density at radius 1 is 1.00 bits per heavy atom. The Bertz CT molecular complexity index is 1210. The van der Waals surface area contributed by atoms with Gasteiger partial charge in [0.15, 0.2) is 5.84 Å². The van der Waals surface area contributed by atoms with Gasteiger partial charge in [0.1, 0.15) is 5.82 Å². The molecule has 29 heavy (non-hydrogen) atoms. The van der Waals surface area contributed by atoms with Gasteiger partial charge in [0.25, 0.3) is 5.56 Å². The fraction of sp³-hybridized carbons (Fsp3) is 0.0870. The lowest BCUT2D eigenvalue weighted by Gasteiger charge is -2.23. The van der Waals surface area contributed by atoms with Crippen molar-refractivity contribution in [1.29, 1.82) is 0 Å². The first-order valence-corrected chi connectivity index (χ1v) is 9.21. The highest BCUT2D eigenvalue weighted by atomic mass is 16.4. The summed E-state index contributed by atoms with van der Waals surface area (Å²) in [6.45, 7) is 1.83. The number of rotatable bonds is 4. The van der Waals surface area contributed by atoms with Gasteiger partial charge in [-0.25, -0.2) is 4.98 Å². The molecule has 1 heterocycles. The van der Waals surface area contributed by atoms with Crippen molar-refractivity contribution in [3.8, 4) is 0 Å². The van der Waals surface area contributed by atoms with Gasteiger partial charge in [-0.2, -0.15) is 0 Å². The molecule has 0 saturated carbocycles. The molecule has 0 aliphatic carbocycles. The van der Waals surface area contributed by atoms with Crippen LogP contribution in [0.4, 0.5) is 0 Å². The number of hydrogen-bond acceptors (Lipinski definition) is 4. The molecular formula is C23H20N4O2. The second kappa shape index (κ2) is 7.59. The van der Waals surface area contributed by atoms with Crippen molar-refractivity contribution in [3.63, 3.8) is 0 Å². The number of aromatic nitrogens is 2. The van der Waals surface area contributed by atoms with Gasteiger partial charge in [0.2, 0.25) is 0 Å². The largest absolute Gasteiger partial charge is 0.409 e. The minimum Gasteiger partial charge on any atom is -0.409 e. The van der Waals surface area contributed by atoms with Crippen LogP contribution in [-0.4, -0.2) is 20.6 Å². The van der Waals surface area contributed by atoms with Crippen molar-refractivity contribution in [2.75, 3.05) is 0 Å². The van der Waals surface area contributed by atoms with Crippen LogP contribution in [0.5, 0.6) is 0 Å². The van der Waals surface area contributed by atoms with Crippen molar-refractivity contribution >= 4 is 16.7 Å². The van der Waals surface area contributed by atoms with E-state index in [4.69, 9.17) is 10.9 Å². The summed E-state index contributed by atoms with van der Waals surface area (Å²) in [7, 11) is 0. The molecule has 0 radical (unpaired) electrons. The topological polar surface area (TPSA) is 93.5 Å². The maximum Gasteiger partial charge on any atom is 0.262 e. The molecule has 3 aromatic carbocycles. The Morgan fingerprint density at radius 3 is 2.14 bits per heavy atom. The molecule has 4 aromatic rings. The van der Waals surface area contributed by atoms with Gasteiger partial charge in [-0.05, 0) is 36.2 Å². The molecule has 0 aliphatic heterocycles. The summed E-state index contributed by atoms with van der Waals surface area (Å²) in [6, 6.07) is 24.4. The van der Waals surface area contributed by atoms with Gasteiger partial charge in [0, 0.05) is 5.56 Å². The molecule has 4 rings (SSSR count). The van der Waals surface area contributed by atoms with Gasteiger partial charge in [-0.15, -0.1) is 0 Å². The molecule has 0 fully saturated rings. The van der Waals surface area contributed by atoms with Gasteiger partial charge < -0.3 is 10.9 Å². The summed E-state index contributed by atoms with van der Waals surface area (Å²) in [4.78, 5) is 18.2. The number of oxime groups is 1. The van der Waals surface area contributed by atoms with E-state index in [-0.39, 0.29) is 17.4 Å². The lowest BCUT2D eigenvalue weighted by atomic mass is 9.98. The van der Waals surface area contributed by atoms with Crippen LogP contribution in [0.1, 0.15) is 28.6 Å². The zero-order chi connectivity index (χ0) is 20.4. The molecule has 0 bridgehead atoms. The van der Waals surface area contributed by atoms with E-state index >= 15 is 0 Å². The van der Waals surface area contributed by atoms with Crippen molar-refractivity contribution < 1.29 is 5.21 Å². The summed E-state index contributed by atoms with van der Waals surface area (Å²) in [6.07, 6.45) is 0. The summed E-state index contributed by atoms with van der Waals surface area (Å²) in [5, 5.41) is 12.4. The summed E-state index contributed by atoms with van der Waals surface area (Å²) in [5.74, 6) is 0.554. The van der Waals surface area contributed by atoms with E-state index in [1.807, 2.05) is 67.6 Å². The second-order valence-corrected chi connectivity index (χ2v) is 6.78. The smallest absolute Gasteiger partial charge is 0.262 e. The molecular weight excluding hydrogens is 364 g/mol. The number of aryl methyl sites for hydroxylation is 1. The first-order chi connectivity index (χ1) is 14.1. The van der Waals surface area contributed by atoms with E-state index in [1.165, 1.54) is 0 Å². The molecule has 0 spiro atoms. The molecule has 0 atom stereocenters.